The summed E-state index contributed by atoms with van der Waals surface area (Å²) in [5, 5.41) is 0.753. The van der Waals surface area contributed by atoms with E-state index in [9.17, 15) is 8.42 Å². The van der Waals surface area contributed by atoms with E-state index in [0.29, 0.717) is 13.0 Å². The van der Waals surface area contributed by atoms with Crippen LogP contribution in [0.15, 0.2) is 0 Å². The molecule has 0 aliphatic heterocycles. The Bertz CT molecular complexity index is 292. The van der Waals surface area contributed by atoms with E-state index in [1.807, 2.05) is 20.8 Å². The van der Waals surface area contributed by atoms with Gasteiger partial charge in [-0.1, -0.05) is 36.7 Å². The van der Waals surface area contributed by atoms with Gasteiger partial charge in [0.15, 0.2) is 0 Å². The Morgan fingerprint density at radius 3 is 2.35 bits per heavy atom. The van der Waals surface area contributed by atoms with Crippen LogP contribution in [0.4, 0.5) is 0 Å². The number of hydrogen-bond donors (Lipinski definition) is 1. The lowest BCUT2D eigenvalue weighted by molar-refractivity contribution is 0.173. The van der Waals surface area contributed by atoms with Gasteiger partial charge in [0.1, 0.15) is 0 Å². The van der Waals surface area contributed by atoms with Crippen LogP contribution in [-0.4, -0.2) is 39.3 Å². The van der Waals surface area contributed by atoms with E-state index >= 15 is 0 Å². The second-order valence-electron chi connectivity index (χ2n) is 5.38. The molecule has 1 unspecified atom stereocenters. The smallest absolute Gasteiger partial charge is 0.211 e. The zero-order chi connectivity index (χ0) is 13.5. The lowest BCUT2D eigenvalue weighted by Gasteiger charge is -2.20. The summed E-state index contributed by atoms with van der Waals surface area (Å²) < 4.78 is 31.4. The fourth-order valence-electron chi connectivity index (χ4n) is 1.26. The van der Waals surface area contributed by atoms with Gasteiger partial charge in [-0.3, -0.25) is 0 Å². The summed E-state index contributed by atoms with van der Waals surface area (Å²) in [4.78, 5) is 0. The number of methoxy groups -OCH3 is 1. The Hall–Kier alpha value is 0.350. The molecule has 0 aromatic carbocycles. The number of halogens is 1. The van der Waals surface area contributed by atoms with Gasteiger partial charge >= 0.3 is 0 Å². The van der Waals surface area contributed by atoms with Crippen molar-refractivity contribution in [2.24, 2.45) is 5.41 Å². The minimum Gasteiger partial charge on any atom is -0.383 e. The first-order valence-electron chi connectivity index (χ1n) is 5.75. The van der Waals surface area contributed by atoms with Crippen LogP contribution < -0.4 is 4.72 Å². The molecule has 0 fully saturated rings. The molecule has 0 bridgehead atoms. The average Bonchev–Trinajstić information content (AvgIpc) is 2.14. The van der Waals surface area contributed by atoms with E-state index in [0.717, 1.165) is 11.8 Å². The fraction of sp³-hybridized carbons (Fsp3) is 1.00. The van der Waals surface area contributed by atoms with Crippen molar-refractivity contribution in [1.82, 2.24) is 4.72 Å². The zero-order valence-corrected chi connectivity index (χ0v) is 13.5. The molecule has 0 aliphatic rings. The van der Waals surface area contributed by atoms with Crippen molar-refractivity contribution in [3.63, 3.8) is 0 Å². The van der Waals surface area contributed by atoms with E-state index in [-0.39, 0.29) is 17.2 Å². The Morgan fingerprint density at radius 1 is 1.35 bits per heavy atom. The molecule has 0 saturated carbocycles. The van der Waals surface area contributed by atoms with Gasteiger partial charge < -0.3 is 4.74 Å². The molecule has 6 heteroatoms. The van der Waals surface area contributed by atoms with Crippen molar-refractivity contribution < 1.29 is 13.2 Å². The summed E-state index contributed by atoms with van der Waals surface area (Å²) in [6.45, 7) is 6.51. The van der Waals surface area contributed by atoms with Crippen LogP contribution in [-0.2, 0) is 14.8 Å². The van der Waals surface area contributed by atoms with Gasteiger partial charge in [0.25, 0.3) is 0 Å². The summed E-state index contributed by atoms with van der Waals surface area (Å²) in [6.07, 6.45) is 1.37. The molecule has 0 aromatic rings. The van der Waals surface area contributed by atoms with Crippen molar-refractivity contribution in [2.75, 3.05) is 24.8 Å². The first kappa shape index (κ1) is 17.4. The number of ether oxygens (including phenoxy) is 1. The summed E-state index contributed by atoms with van der Waals surface area (Å²) >= 11 is 3.31. The van der Waals surface area contributed by atoms with Crippen molar-refractivity contribution in [1.29, 1.82) is 0 Å². The van der Waals surface area contributed by atoms with Crippen molar-refractivity contribution in [2.45, 2.75) is 39.7 Å². The molecule has 0 radical (unpaired) electrons. The van der Waals surface area contributed by atoms with Gasteiger partial charge in [-0.2, -0.15) is 0 Å². The first-order valence-corrected chi connectivity index (χ1v) is 8.52. The van der Waals surface area contributed by atoms with Crippen LogP contribution in [0, 0.1) is 5.41 Å². The van der Waals surface area contributed by atoms with Gasteiger partial charge in [-0.15, -0.1) is 0 Å². The minimum atomic E-state index is -3.21. The number of rotatable bonds is 8. The Labute approximate surface area is 114 Å². The number of hydrogen-bond acceptors (Lipinski definition) is 3. The van der Waals surface area contributed by atoms with Crippen LogP contribution in [0.3, 0.4) is 0 Å². The summed E-state index contributed by atoms with van der Waals surface area (Å²) in [5.74, 6) is 0.166. The highest BCUT2D eigenvalue weighted by molar-refractivity contribution is 9.09. The molecule has 17 heavy (non-hydrogen) atoms. The molecular formula is C11H24BrNO3S. The Kier molecular flexibility index (Phi) is 7.87. The highest BCUT2D eigenvalue weighted by Crippen LogP contribution is 2.19. The van der Waals surface area contributed by atoms with Crippen LogP contribution in [0.1, 0.15) is 33.6 Å². The van der Waals surface area contributed by atoms with E-state index in [1.54, 1.807) is 7.11 Å². The molecule has 104 valence electrons. The second-order valence-corrected chi connectivity index (χ2v) is 8.04. The molecule has 0 heterocycles. The molecule has 1 atom stereocenters. The molecule has 0 aromatic heterocycles. The lowest BCUT2D eigenvalue weighted by Crippen LogP contribution is -2.40. The Balaban J connectivity index is 4.30. The molecule has 0 rings (SSSR count). The topological polar surface area (TPSA) is 55.4 Å². The molecule has 1 N–H and O–H groups in total. The molecule has 0 amide bonds. The zero-order valence-electron chi connectivity index (χ0n) is 11.1. The van der Waals surface area contributed by atoms with Crippen molar-refractivity contribution >= 4 is 26.0 Å². The minimum absolute atomic E-state index is 0.0287. The quantitative estimate of drug-likeness (QED) is 0.694. The van der Waals surface area contributed by atoms with Gasteiger partial charge in [0.2, 0.25) is 10.0 Å². The normalized spacial score (nSPS) is 14.9. The lowest BCUT2D eigenvalue weighted by atomic mass is 9.94. The van der Waals surface area contributed by atoms with Crippen LogP contribution in [0.25, 0.3) is 0 Å². The van der Waals surface area contributed by atoms with E-state index in [4.69, 9.17) is 4.74 Å². The predicted molar refractivity (Wildman–Crippen MR) is 75.1 cm³/mol. The molecule has 0 spiro atoms. The maximum absolute atomic E-state index is 11.9. The largest absolute Gasteiger partial charge is 0.383 e. The maximum atomic E-state index is 11.9. The van der Waals surface area contributed by atoms with Crippen molar-refractivity contribution in [3.05, 3.63) is 0 Å². The van der Waals surface area contributed by atoms with Gasteiger partial charge in [0.05, 0.1) is 12.4 Å². The number of sulfonamides is 1. The molecular weight excluding hydrogens is 306 g/mol. The van der Waals surface area contributed by atoms with E-state index in [2.05, 4.69) is 20.7 Å². The molecule has 0 saturated heterocycles. The maximum Gasteiger partial charge on any atom is 0.211 e. The average molecular weight is 330 g/mol. The van der Waals surface area contributed by atoms with Gasteiger partial charge in [-0.05, 0) is 18.3 Å². The number of alkyl halides is 1. The van der Waals surface area contributed by atoms with E-state index in [1.165, 1.54) is 0 Å². The third-order valence-electron chi connectivity index (χ3n) is 2.29. The standard InChI is InChI=1S/C11H24BrNO3S/c1-11(2,3)6-8-17(14,15)13-10(5-7-12)9-16-4/h10,13H,5-9H2,1-4H3. The number of nitrogens with one attached hydrogen (secondary N) is 1. The van der Waals surface area contributed by atoms with Gasteiger partial charge in [0, 0.05) is 18.5 Å². The molecule has 4 nitrogen and oxygen atoms in total. The summed E-state index contributed by atoms with van der Waals surface area (Å²) in [5.41, 5.74) is 0.0287. The first-order chi connectivity index (χ1) is 7.70. The Morgan fingerprint density at radius 2 is 1.94 bits per heavy atom. The third kappa shape index (κ3) is 10.00. The second kappa shape index (κ2) is 7.71. The summed E-state index contributed by atoms with van der Waals surface area (Å²) in [7, 11) is -1.64. The molecule has 0 aliphatic carbocycles. The van der Waals surface area contributed by atoms with Crippen LogP contribution in [0.5, 0.6) is 0 Å². The van der Waals surface area contributed by atoms with Gasteiger partial charge in [-0.25, -0.2) is 13.1 Å². The van der Waals surface area contributed by atoms with Crippen LogP contribution >= 0.6 is 15.9 Å². The fourth-order valence-corrected chi connectivity index (χ4v) is 3.51. The SMILES string of the molecule is COCC(CCBr)NS(=O)(=O)CCC(C)(C)C. The monoisotopic (exact) mass is 329 g/mol. The van der Waals surface area contributed by atoms with Crippen molar-refractivity contribution in [3.8, 4) is 0 Å². The highest BCUT2D eigenvalue weighted by Gasteiger charge is 2.20. The third-order valence-corrected chi connectivity index (χ3v) is 4.18. The highest BCUT2D eigenvalue weighted by atomic mass is 79.9. The predicted octanol–water partition coefficient (Wildman–Crippen LogP) is 2.14. The van der Waals surface area contributed by atoms with Crippen LogP contribution in [0.2, 0.25) is 0 Å². The van der Waals surface area contributed by atoms with E-state index < -0.39 is 10.0 Å². The summed E-state index contributed by atoms with van der Waals surface area (Å²) in [6, 6.07) is -0.149.